The standard InChI is InChI=1S/C15H11Cl2N3O/c16-12-8-10(9-13(17)15(12)21)18-14-6-7-20(19-14)11-4-2-1-3-5-11/h1-9,21H,(H,18,19). The van der Waals surface area contributed by atoms with Crippen molar-refractivity contribution >= 4 is 34.7 Å². The molecule has 0 aliphatic rings. The van der Waals surface area contributed by atoms with E-state index in [1.807, 2.05) is 42.6 Å². The Balaban J connectivity index is 1.85. The van der Waals surface area contributed by atoms with Gasteiger partial charge in [-0.15, -0.1) is 0 Å². The number of aromatic hydroxyl groups is 1. The van der Waals surface area contributed by atoms with Gasteiger partial charge in [-0.1, -0.05) is 41.4 Å². The van der Waals surface area contributed by atoms with Crippen LogP contribution in [0.2, 0.25) is 10.0 Å². The predicted octanol–water partition coefficient (Wildman–Crippen LogP) is 4.63. The second kappa shape index (κ2) is 5.68. The molecule has 4 nitrogen and oxygen atoms in total. The minimum absolute atomic E-state index is 0.126. The molecule has 6 heteroatoms. The Morgan fingerprint density at radius 2 is 1.67 bits per heavy atom. The molecule has 1 heterocycles. The number of phenols is 1. The smallest absolute Gasteiger partial charge is 0.152 e. The van der Waals surface area contributed by atoms with E-state index < -0.39 is 0 Å². The Morgan fingerprint density at radius 1 is 1.00 bits per heavy atom. The molecule has 21 heavy (non-hydrogen) atoms. The summed E-state index contributed by atoms with van der Waals surface area (Å²) in [6, 6.07) is 14.8. The first-order chi connectivity index (χ1) is 10.1. The van der Waals surface area contributed by atoms with Crippen LogP contribution in [0.15, 0.2) is 54.7 Å². The number of nitrogens with one attached hydrogen (secondary N) is 1. The average Bonchev–Trinajstić information content (AvgIpc) is 2.94. The molecule has 3 rings (SSSR count). The van der Waals surface area contributed by atoms with E-state index in [-0.39, 0.29) is 15.8 Å². The van der Waals surface area contributed by atoms with Crippen LogP contribution in [-0.4, -0.2) is 14.9 Å². The van der Waals surface area contributed by atoms with E-state index in [1.165, 1.54) is 0 Å². The van der Waals surface area contributed by atoms with Gasteiger partial charge in [-0.25, -0.2) is 4.68 Å². The van der Waals surface area contributed by atoms with E-state index >= 15 is 0 Å². The Morgan fingerprint density at radius 3 is 2.33 bits per heavy atom. The third-order valence-electron chi connectivity index (χ3n) is 2.90. The normalized spacial score (nSPS) is 10.6. The van der Waals surface area contributed by atoms with Gasteiger partial charge in [0, 0.05) is 18.0 Å². The molecule has 0 spiro atoms. The number of nitrogens with zero attached hydrogens (tertiary/aromatic N) is 2. The highest BCUT2D eigenvalue weighted by Crippen LogP contribution is 2.35. The van der Waals surface area contributed by atoms with Gasteiger partial charge in [-0.2, -0.15) is 5.10 Å². The molecular weight excluding hydrogens is 309 g/mol. The molecule has 106 valence electrons. The van der Waals surface area contributed by atoms with Gasteiger partial charge in [-0.3, -0.25) is 0 Å². The largest absolute Gasteiger partial charge is 0.505 e. The van der Waals surface area contributed by atoms with Crippen molar-refractivity contribution in [3.05, 3.63) is 64.8 Å². The highest BCUT2D eigenvalue weighted by atomic mass is 35.5. The molecule has 0 amide bonds. The zero-order chi connectivity index (χ0) is 14.8. The number of phenolic OH excluding ortho intramolecular Hbond substituents is 1. The van der Waals surface area contributed by atoms with Crippen LogP contribution in [0.4, 0.5) is 11.5 Å². The molecule has 0 saturated heterocycles. The third-order valence-corrected chi connectivity index (χ3v) is 3.48. The molecule has 0 aliphatic carbocycles. The summed E-state index contributed by atoms with van der Waals surface area (Å²) >= 11 is 11.8. The van der Waals surface area contributed by atoms with E-state index in [4.69, 9.17) is 23.2 Å². The molecule has 0 fully saturated rings. The van der Waals surface area contributed by atoms with Gasteiger partial charge in [0.15, 0.2) is 11.6 Å². The molecule has 0 unspecified atom stereocenters. The Kier molecular flexibility index (Phi) is 3.73. The molecule has 0 bridgehead atoms. The lowest BCUT2D eigenvalue weighted by molar-refractivity contribution is 0.476. The van der Waals surface area contributed by atoms with Gasteiger partial charge in [0.05, 0.1) is 15.7 Å². The molecular formula is C15H11Cl2N3O. The fourth-order valence-corrected chi connectivity index (χ4v) is 2.39. The van der Waals surface area contributed by atoms with E-state index in [9.17, 15) is 5.11 Å². The maximum Gasteiger partial charge on any atom is 0.152 e. The van der Waals surface area contributed by atoms with Crippen LogP contribution in [-0.2, 0) is 0 Å². The first-order valence-corrected chi connectivity index (χ1v) is 6.95. The molecule has 0 atom stereocenters. The zero-order valence-corrected chi connectivity index (χ0v) is 12.3. The van der Waals surface area contributed by atoms with Crippen LogP contribution >= 0.6 is 23.2 Å². The molecule has 0 aliphatic heterocycles. The summed E-state index contributed by atoms with van der Waals surface area (Å²) in [5.41, 5.74) is 1.62. The van der Waals surface area contributed by atoms with E-state index in [1.54, 1.807) is 16.8 Å². The summed E-state index contributed by atoms with van der Waals surface area (Å²) in [4.78, 5) is 0. The fourth-order valence-electron chi connectivity index (χ4n) is 1.90. The van der Waals surface area contributed by atoms with Gasteiger partial charge in [0.25, 0.3) is 0 Å². The van der Waals surface area contributed by atoms with Crippen molar-refractivity contribution in [1.29, 1.82) is 0 Å². The highest BCUT2D eigenvalue weighted by Gasteiger charge is 2.08. The van der Waals surface area contributed by atoms with Crippen LogP contribution in [0.3, 0.4) is 0 Å². The number of aromatic nitrogens is 2. The summed E-state index contributed by atoms with van der Waals surface area (Å²) in [5.74, 6) is 0.523. The molecule has 2 aromatic carbocycles. The number of rotatable bonds is 3. The van der Waals surface area contributed by atoms with Crippen molar-refractivity contribution in [2.75, 3.05) is 5.32 Å². The van der Waals surface area contributed by atoms with Crippen LogP contribution in [0.1, 0.15) is 0 Å². The number of halogens is 2. The van der Waals surface area contributed by atoms with Gasteiger partial charge >= 0.3 is 0 Å². The molecule has 2 N–H and O–H groups in total. The van der Waals surface area contributed by atoms with Crippen LogP contribution < -0.4 is 5.32 Å². The quantitative estimate of drug-likeness (QED) is 0.692. The summed E-state index contributed by atoms with van der Waals surface area (Å²) in [7, 11) is 0. The van der Waals surface area contributed by atoms with Crippen LogP contribution in [0.5, 0.6) is 5.75 Å². The number of hydrogen-bond donors (Lipinski definition) is 2. The minimum atomic E-state index is -0.126. The first kappa shape index (κ1) is 13.8. The van der Waals surface area contributed by atoms with Crippen molar-refractivity contribution < 1.29 is 5.11 Å². The molecule has 0 radical (unpaired) electrons. The van der Waals surface area contributed by atoms with Crippen molar-refractivity contribution in [2.24, 2.45) is 0 Å². The van der Waals surface area contributed by atoms with Gasteiger partial charge in [0.2, 0.25) is 0 Å². The zero-order valence-electron chi connectivity index (χ0n) is 10.8. The molecule has 0 saturated carbocycles. The van der Waals surface area contributed by atoms with Crippen molar-refractivity contribution in [1.82, 2.24) is 9.78 Å². The Labute approximate surface area is 131 Å². The minimum Gasteiger partial charge on any atom is -0.505 e. The number of hydrogen-bond acceptors (Lipinski definition) is 3. The third kappa shape index (κ3) is 2.96. The number of anilines is 2. The van der Waals surface area contributed by atoms with Crippen molar-refractivity contribution in [3.63, 3.8) is 0 Å². The SMILES string of the molecule is Oc1c(Cl)cc(Nc2ccn(-c3ccccc3)n2)cc1Cl. The van der Waals surface area contributed by atoms with Crippen molar-refractivity contribution in [3.8, 4) is 11.4 Å². The summed E-state index contributed by atoms with van der Waals surface area (Å²) in [6.07, 6.45) is 1.85. The van der Waals surface area contributed by atoms with Crippen LogP contribution in [0, 0.1) is 0 Å². The van der Waals surface area contributed by atoms with Gasteiger partial charge in [0.1, 0.15) is 0 Å². The summed E-state index contributed by atoms with van der Waals surface area (Å²) < 4.78 is 1.76. The average molecular weight is 320 g/mol. The summed E-state index contributed by atoms with van der Waals surface area (Å²) in [6.45, 7) is 0. The second-order valence-electron chi connectivity index (χ2n) is 4.39. The Bertz CT molecular complexity index is 749. The Hall–Kier alpha value is -2.17. The van der Waals surface area contributed by atoms with E-state index in [2.05, 4.69) is 10.4 Å². The number of para-hydroxylation sites is 1. The lowest BCUT2D eigenvalue weighted by Crippen LogP contribution is -1.96. The van der Waals surface area contributed by atoms with Crippen molar-refractivity contribution in [2.45, 2.75) is 0 Å². The topological polar surface area (TPSA) is 50.1 Å². The predicted molar refractivity (Wildman–Crippen MR) is 85.0 cm³/mol. The van der Waals surface area contributed by atoms with E-state index in [0.717, 1.165) is 5.69 Å². The lowest BCUT2D eigenvalue weighted by Gasteiger charge is -2.06. The molecule has 1 aromatic heterocycles. The lowest BCUT2D eigenvalue weighted by atomic mass is 10.3. The highest BCUT2D eigenvalue weighted by molar-refractivity contribution is 6.37. The summed E-state index contributed by atoms with van der Waals surface area (Å²) in [5, 5.41) is 17.4. The molecule has 3 aromatic rings. The van der Waals surface area contributed by atoms with Gasteiger partial charge in [-0.05, 0) is 24.3 Å². The van der Waals surface area contributed by atoms with Crippen LogP contribution in [0.25, 0.3) is 5.69 Å². The van der Waals surface area contributed by atoms with E-state index in [0.29, 0.717) is 11.5 Å². The number of benzene rings is 2. The maximum atomic E-state index is 9.54. The fraction of sp³-hybridized carbons (Fsp3) is 0. The van der Waals surface area contributed by atoms with Gasteiger partial charge < -0.3 is 10.4 Å². The second-order valence-corrected chi connectivity index (χ2v) is 5.21. The first-order valence-electron chi connectivity index (χ1n) is 6.19. The monoisotopic (exact) mass is 319 g/mol. The maximum absolute atomic E-state index is 9.54.